The summed E-state index contributed by atoms with van der Waals surface area (Å²) in [5.41, 5.74) is 3.39. The molecule has 182 valence electrons. The van der Waals surface area contributed by atoms with Crippen molar-refractivity contribution in [2.45, 2.75) is 33.1 Å². The Hall–Kier alpha value is -3.22. The van der Waals surface area contributed by atoms with Gasteiger partial charge < -0.3 is 24.8 Å². The fourth-order valence-corrected chi connectivity index (χ4v) is 4.77. The van der Waals surface area contributed by atoms with Gasteiger partial charge in [0.05, 0.1) is 18.4 Å². The van der Waals surface area contributed by atoms with Crippen LogP contribution in [0.1, 0.15) is 43.5 Å². The summed E-state index contributed by atoms with van der Waals surface area (Å²) in [5, 5.41) is 2.92. The van der Waals surface area contributed by atoms with Gasteiger partial charge in [0.25, 0.3) is 5.91 Å². The van der Waals surface area contributed by atoms with E-state index >= 15 is 0 Å². The summed E-state index contributed by atoms with van der Waals surface area (Å²) >= 11 is 0. The maximum atomic E-state index is 13.6. The van der Waals surface area contributed by atoms with Gasteiger partial charge in [0.2, 0.25) is 5.91 Å². The number of ether oxygens (including phenoxy) is 1. The second kappa shape index (κ2) is 10.8. The molecule has 2 heterocycles. The van der Waals surface area contributed by atoms with Crippen molar-refractivity contribution in [2.75, 3.05) is 61.5 Å². The Balaban J connectivity index is 1.55. The number of benzene rings is 2. The lowest BCUT2D eigenvalue weighted by Crippen LogP contribution is -2.47. The normalized spacial score (nSPS) is 17.0. The molecule has 0 atom stereocenters. The largest absolute Gasteiger partial charge is 0.495 e. The first-order valence-electron chi connectivity index (χ1n) is 12.4. The molecule has 0 aliphatic carbocycles. The molecule has 2 amide bonds. The molecule has 2 aromatic rings. The number of nitrogens with zero attached hydrogens (tertiary/aromatic N) is 3. The fraction of sp³-hybridized carbons (Fsp3) is 0.481. The smallest absolute Gasteiger partial charge is 0.256 e. The molecule has 0 unspecified atom stereocenters. The van der Waals surface area contributed by atoms with Gasteiger partial charge in [-0.3, -0.25) is 9.59 Å². The van der Waals surface area contributed by atoms with Crippen LogP contribution in [-0.4, -0.2) is 63.1 Å². The minimum Gasteiger partial charge on any atom is -0.495 e. The summed E-state index contributed by atoms with van der Waals surface area (Å²) in [4.78, 5) is 32.2. The van der Waals surface area contributed by atoms with Gasteiger partial charge in [-0.05, 0) is 49.1 Å². The summed E-state index contributed by atoms with van der Waals surface area (Å²) in [5.74, 6) is 1.54. The minimum absolute atomic E-state index is 0.0524. The van der Waals surface area contributed by atoms with Crippen LogP contribution in [-0.2, 0) is 4.79 Å². The lowest BCUT2D eigenvalue weighted by atomic mass is 9.98. The van der Waals surface area contributed by atoms with Crippen LogP contribution in [0.25, 0.3) is 0 Å². The van der Waals surface area contributed by atoms with Crippen LogP contribution < -0.4 is 19.9 Å². The van der Waals surface area contributed by atoms with E-state index in [9.17, 15) is 9.59 Å². The number of carbonyl (C=O) groups is 2. The topological polar surface area (TPSA) is 65.1 Å². The van der Waals surface area contributed by atoms with E-state index < -0.39 is 0 Å². The Labute approximate surface area is 202 Å². The number of piperidine rings is 1. The maximum Gasteiger partial charge on any atom is 0.256 e. The van der Waals surface area contributed by atoms with E-state index in [0.717, 1.165) is 69.2 Å². The summed E-state index contributed by atoms with van der Waals surface area (Å²) < 4.78 is 5.55. The zero-order valence-corrected chi connectivity index (χ0v) is 20.5. The Morgan fingerprint density at radius 2 is 1.59 bits per heavy atom. The molecule has 2 aliphatic heterocycles. The predicted molar refractivity (Wildman–Crippen MR) is 137 cm³/mol. The number of amides is 2. The molecular weight excluding hydrogens is 428 g/mol. The van der Waals surface area contributed by atoms with Crippen molar-refractivity contribution in [3.8, 4) is 5.75 Å². The predicted octanol–water partition coefficient (Wildman–Crippen LogP) is 4.24. The van der Waals surface area contributed by atoms with Crippen LogP contribution in [0.4, 0.5) is 17.1 Å². The van der Waals surface area contributed by atoms with Crippen LogP contribution >= 0.6 is 0 Å². The standard InChI is InChI=1S/C27H36N4O3/c1-4-26(32)28-21-9-10-23(22(19-21)27(33)31-13-11-20(2)12-14-31)29-15-17-30(18-16-29)24-7-5-6-8-25(24)34-3/h5-10,19-20H,4,11-18H2,1-3H3,(H,28,32). The fourth-order valence-electron chi connectivity index (χ4n) is 4.77. The van der Waals surface area contributed by atoms with Gasteiger partial charge in [0.1, 0.15) is 5.75 Å². The molecule has 7 heteroatoms. The van der Waals surface area contributed by atoms with Crippen molar-refractivity contribution >= 4 is 28.9 Å². The van der Waals surface area contributed by atoms with Gasteiger partial charge in [-0.2, -0.15) is 0 Å². The van der Waals surface area contributed by atoms with Crippen LogP contribution in [0, 0.1) is 5.92 Å². The molecule has 4 rings (SSSR count). The summed E-state index contributed by atoms with van der Waals surface area (Å²) in [6.07, 6.45) is 2.47. The van der Waals surface area contributed by atoms with E-state index in [2.05, 4.69) is 28.1 Å². The number of carbonyl (C=O) groups excluding carboxylic acids is 2. The van der Waals surface area contributed by atoms with Crippen molar-refractivity contribution in [2.24, 2.45) is 5.92 Å². The summed E-state index contributed by atoms with van der Waals surface area (Å²) in [6.45, 7) is 8.92. The van der Waals surface area contributed by atoms with E-state index in [4.69, 9.17) is 4.74 Å². The number of hydrogen-bond donors (Lipinski definition) is 1. The summed E-state index contributed by atoms with van der Waals surface area (Å²) in [6, 6.07) is 13.8. The molecule has 0 aromatic heterocycles. The van der Waals surface area contributed by atoms with Gasteiger partial charge in [-0.1, -0.05) is 26.0 Å². The second-order valence-electron chi connectivity index (χ2n) is 9.25. The van der Waals surface area contributed by atoms with E-state index in [0.29, 0.717) is 23.6 Å². The highest BCUT2D eigenvalue weighted by atomic mass is 16.5. The molecule has 2 aromatic carbocycles. The highest BCUT2D eigenvalue weighted by Crippen LogP contribution is 2.32. The average molecular weight is 465 g/mol. The van der Waals surface area contributed by atoms with Crippen molar-refractivity contribution in [3.63, 3.8) is 0 Å². The van der Waals surface area contributed by atoms with Crippen LogP contribution in [0.15, 0.2) is 42.5 Å². The molecule has 7 nitrogen and oxygen atoms in total. The van der Waals surface area contributed by atoms with Gasteiger partial charge in [0, 0.05) is 57.1 Å². The van der Waals surface area contributed by atoms with Crippen molar-refractivity contribution < 1.29 is 14.3 Å². The first-order valence-corrected chi connectivity index (χ1v) is 12.4. The Morgan fingerprint density at radius 1 is 0.941 bits per heavy atom. The molecule has 34 heavy (non-hydrogen) atoms. The number of hydrogen-bond acceptors (Lipinski definition) is 5. The van der Waals surface area contributed by atoms with Gasteiger partial charge in [-0.25, -0.2) is 0 Å². The third-order valence-electron chi connectivity index (χ3n) is 6.95. The molecule has 0 bridgehead atoms. The third-order valence-corrected chi connectivity index (χ3v) is 6.95. The maximum absolute atomic E-state index is 13.6. The number of likely N-dealkylation sites (tertiary alicyclic amines) is 1. The van der Waals surface area contributed by atoms with Crippen LogP contribution in [0.2, 0.25) is 0 Å². The van der Waals surface area contributed by atoms with Crippen molar-refractivity contribution in [1.82, 2.24) is 4.90 Å². The number of methoxy groups -OCH3 is 1. The molecule has 0 spiro atoms. The van der Waals surface area contributed by atoms with E-state index in [1.807, 2.05) is 48.2 Å². The Bertz CT molecular complexity index is 1010. The lowest BCUT2D eigenvalue weighted by Gasteiger charge is -2.39. The zero-order valence-electron chi connectivity index (χ0n) is 20.5. The number of piperazine rings is 1. The Morgan fingerprint density at radius 3 is 2.24 bits per heavy atom. The van der Waals surface area contributed by atoms with E-state index in [-0.39, 0.29) is 11.8 Å². The third kappa shape index (κ3) is 5.29. The number of para-hydroxylation sites is 2. The second-order valence-corrected chi connectivity index (χ2v) is 9.25. The Kier molecular flexibility index (Phi) is 7.60. The molecule has 2 aliphatic rings. The van der Waals surface area contributed by atoms with E-state index in [1.54, 1.807) is 7.11 Å². The molecule has 0 radical (unpaired) electrons. The highest BCUT2D eigenvalue weighted by Gasteiger charge is 2.27. The van der Waals surface area contributed by atoms with Gasteiger partial charge in [0.15, 0.2) is 0 Å². The van der Waals surface area contributed by atoms with Crippen LogP contribution in [0.3, 0.4) is 0 Å². The molecular formula is C27H36N4O3. The number of rotatable bonds is 6. The highest BCUT2D eigenvalue weighted by molar-refractivity contribution is 6.02. The molecule has 2 fully saturated rings. The average Bonchev–Trinajstić information content (AvgIpc) is 2.88. The van der Waals surface area contributed by atoms with Crippen LogP contribution in [0.5, 0.6) is 5.75 Å². The molecule has 2 saturated heterocycles. The van der Waals surface area contributed by atoms with Gasteiger partial charge in [-0.15, -0.1) is 0 Å². The number of nitrogens with one attached hydrogen (secondary N) is 1. The van der Waals surface area contributed by atoms with Crippen molar-refractivity contribution in [3.05, 3.63) is 48.0 Å². The van der Waals surface area contributed by atoms with Gasteiger partial charge >= 0.3 is 0 Å². The van der Waals surface area contributed by atoms with Crippen molar-refractivity contribution in [1.29, 1.82) is 0 Å². The zero-order chi connectivity index (χ0) is 24.1. The first kappa shape index (κ1) is 23.9. The molecule has 1 N–H and O–H groups in total. The summed E-state index contributed by atoms with van der Waals surface area (Å²) in [7, 11) is 1.70. The SMILES string of the molecule is CCC(=O)Nc1ccc(N2CCN(c3ccccc3OC)CC2)c(C(=O)N2CCC(C)CC2)c1. The minimum atomic E-state index is -0.0524. The monoisotopic (exact) mass is 464 g/mol. The number of anilines is 3. The van der Waals surface area contributed by atoms with E-state index in [1.165, 1.54) is 0 Å². The first-order chi connectivity index (χ1) is 16.5. The quantitative estimate of drug-likeness (QED) is 0.693. The lowest BCUT2D eigenvalue weighted by molar-refractivity contribution is -0.115. The molecule has 0 saturated carbocycles.